The van der Waals surface area contributed by atoms with Gasteiger partial charge in [0, 0.05) is 21.7 Å². The average Bonchev–Trinajstić information content (AvgIpc) is 3.09. The summed E-state index contributed by atoms with van der Waals surface area (Å²) >= 11 is 5.95. The highest BCUT2D eigenvalue weighted by atomic mass is 35.5. The summed E-state index contributed by atoms with van der Waals surface area (Å²) in [6, 6.07) is 11.7. The van der Waals surface area contributed by atoms with Crippen LogP contribution in [0.4, 0.5) is 0 Å². The zero-order valence-electron chi connectivity index (χ0n) is 18.5. The molecule has 10 heteroatoms. The summed E-state index contributed by atoms with van der Waals surface area (Å²) < 4.78 is 17.2. The Bertz CT molecular complexity index is 1220. The fourth-order valence-corrected chi connectivity index (χ4v) is 4.12. The Morgan fingerprint density at radius 1 is 1.12 bits per heavy atom. The van der Waals surface area contributed by atoms with Gasteiger partial charge in [-0.15, -0.1) is 0 Å². The molecule has 1 aliphatic rings. The maximum Gasteiger partial charge on any atom is 0.312 e. The lowest BCUT2D eigenvalue weighted by molar-refractivity contribution is -0.262. The quantitative estimate of drug-likeness (QED) is 0.463. The van der Waals surface area contributed by atoms with Gasteiger partial charge in [-0.1, -0.05) is 11.6 Å². The van der Waals surface area contributed by atoms with Crippen LogP contribution in [0.2, 0.25) is 5.02 Å². The highest BCUT2D eigenvalue weighted by molar-refractivity contribution is 6.30. The second-order valence-corrected chi connectivity index (χ2v) is 8.45. The molecule has 3 aromatic rings. The smallest absolute Gasteiger partial charge is 0.312 e. The molecule has 180 valence electrons. The summed E-state index contributed by atoms with van der Waals surface area (Å²) in [4.78, 5) is 26.1. The molecule has 1 aromatic heterocycles. The number of carbonyl (C=O) groups excluding carboxylic acids is 2. The molecular formula is C24H24ClNO8. The van der Waals surface area contributed by atoms with Crippen molar-refractivity contribution < 1.29 is 39.1 Å². The fourth-order valence-electron chi connectivity index (χ4n) is 3.99. The molecule has 0 aliphatic carbocycles. The molecule has 34 heavy (non-hydrogen) atoms. The third kappa shape index (κ3) is 4.53. The van der Waals surface area contributed by atoms with Gasteiger partial charge in [-0.05, 0) is 55.0 Å². The first-order valence-corrected chi connectivity index (χ1v) is 10.9. The number of halogens is 1. The summed E-state index contributed by atoms with van der Waals surface area (Å²) in [6.45, 7) is 1.43. The molecule has 0 amide bonds. The van der Waals surface area contributed by atoms with Crippen LogP contribution in [0.1, 0.15) is 21.6 Å². The SMILES string of the molecule is COc1ccc2c(c1)c(CC(=O)OC1OC[C@@H](O)[C@H](O)[C@H]1O)c(C)n2C(=O)c1ccc(Cl)cc1. The summed E-state index contributed by atoms with van der Waals surface area (Å²) in [5.41, 5.74) is 2.06. The Labute approximate surface area is 200 Å². The number of hydrogen-bond donors (Lipinski definition) is 3. The number of aliphatic hydroxyl groups excluding tert-OH is 3. The van der Waals surface area contributed by atoms with E-state index in [2.05, 4.69) is 0 Å². The molecule has 0 spiro atoms. The predicted octanol–water partition coefficient (Wildman–Crippen LogP) is 1.82. The molecule has 0 radical (unpaired) electrons. The van der Waals surface area contributed by atoms with Crippen molar-refractivity contribution in [3.8, 4) is 5.75 Å². The Balaban J connectivity index is 1.68. The summed E-state index contributed by atoms with van der Waals surface area (Å²) in [5, 5.41) is 30.6. The van der Waals surface area contributed by atoms with Crippen molar-refractivity contribution in [3.05, 3.63) is 64.3 Å². The minimum Gasteiger partial charge on any atom is -0.497 e. The van der Waals surface area contributed by atoms with Crippen LogP contribution in [-0.4, -0.2) is 70.1 Å². The summed E-state index contributed by atoms with van der Waals surface area (Å²) in [7, 11) is 1.51. The van der Waals surface area contributed by atoms with Gasteiger partial charge in [0.25, 0.3) is 5.91 Å². The molecular weight excluding hydrogens is 466 g/mol. The van der Waals surface area contributed by atoms with E-state index in [9.17, 15) is 24.9 Å². The van der Waals surface area contributed by atoms with E-state index in [-0.39, 0.29) is 18.9 Å². The monoisotopic (exact) mass is 489 g/mol. The lowest BCUT2D eigenvalue weighted by Crippen LogP contribution is -2.54. The number of rotatable bonds is 5. The van der Waals surface area contributed by atoms with Crippen molar-refractivity contribution in [2.45, 2.75) is 37.9 Å². The second kappa shape index (κ2) is 9.73. The number of benzene rings is 2. The minimum absolute atomic E-state index is 0.234. The highest BCUT2D eigenvalue weighted by Crippen LogP contribution is 2.31. The minimum atomic E-state index is -1.60. The fraction of sp³-hybridized carbons (Fsp3) is 0.333. The maximum absolute atomic E-state index is 13.3. The number of aliphatic hydroxyl groups is 3. The number of carbonyl (C=O) groups is 2. The molecule has 0 bridgehead atoms. The van der Waals surface area contributed by atoms with E-state index in [0.717, 1.165) is 0 Å². The summed E-state index contributed by atoms with van der Waals surface area (Å²) in [6.07, 6.45) is -6.04. The number of ether oxygens (including phenoxy) is 3. The van der Waals surface area contributed by atoms with Crippen molar-refractivity contribution in [1.29, 1.82) is 0 Å². The molecule has 1 aliphatic heterocycles. The van der Waals surface area contributed by atoms with Crippen molar-refractivity contribution in [2.24, 2.45) is 0 Å². The van der Waals surface area contributed by atoms with E-state index >= 15 is 0 Å². The third-order valence-corrected chi connectivity index (χ3v) is 6.11. The van der Waals surface area contributed by atoms with Gasteiger partial charge in [0.05, 0.1) is 25.7 Å². The van der Waals surface area contributed by atoms with Gasteiger partial charge in [-0.2, -0.15) is 0 Å². The van der Waals surface area contributed by atoms with Crippen LogP contribution in [0.25, 0.3) is 10.9 Å². The molecule has 4 rings (SSSR count). The number of fused-ring (bicyclic) bond motifs is 1. The number of aromatic nitrogens is 1. The molecule has 2 aromatic carbocycles. The van der Waals surface area contributed by atoms with Crippen LogP contribution in [0.5, 0.6) is 5.75 Å². The van der Waals surface area contributed by atoms with Crippen LogP contribution < -0.4 is 4.74 Å². The second-order valence-electron chi connectivity index (χ2n) is 8.01. The lowest BCUT2D eigenvalue weighted by atomic mass is 10.1. The van der Waals surface area contributed by atoms with Crippen molar-refractivity contribution in [3.63, 3.8) is 0 Å². The van der Waals surface area contributed by atoms with Crippen LogP contribution in [-0.2, 0) is 20.7 Å². The lowest BCUT2D eigenvalue weighted by Gasteiger charge is -2.34. The van der Waals surface area contributed by atoms with Gasteiger partial charge in [-0.25, -0.2) is 0 Å². The molecule has 2 heterocycles. The van der Waals surface area contributed by atoms with E-state index < -0.39 is 30.6 Å². The highest BCUT2D eigenvalue weighted by Gasteiger charge is 2.40. The van der Waals surface area contributed by atoms with Crippen LogP contribution in [0.15, 0.2) is 42.5 Å². The van der Waals surface area contributed by atoms with Gasteiger partial charge in [0.15, 0.2) is 0 Å². The van der Waals surface area contributed by atoms with Crippen LogP contribution in [0, 0.1) is 6.92 Å². The maximum atomic E-state index is 13.3. The number of methoxy groups -OCH3 is 1. The zero-order valence-corrected chi connectivity index (χ0v) is 19.2. The van der Waals surface area contributed by atoms with E-state index in [1.807, 2.05) is 0 Å². The van der Waals surface area contributed by atoms with Crippen molar-refractivity contribution >= 4 is 34.4 Å². The zero-order chi connectivity index (χ0) is 24.6. The van der Waals surface area contributed by atoms with E-state index in [1.54, 1.807) is 49.4 Å². The van der Waals surface area contributed by atoms with Gasteiger partial charge in [0.2, 0.25) is 6.29 Å². The van der Waals surface area contributed by atoms with E-state index in [4.69, 9.17) is 25.8 Å². The molecule has 3 N–H and O–H groups in total. The Morgan fingerprint density at radius 3 is 2.50 bits per heavy atom. The van der Waals surface area contributed by atoms with E-state index in [1.165, 1.54) is 11.7 Å². The number of nitrogens with zero attached hydrogens (tertiary/aromatic N) is 1. The molecule has 0 saturated carbocycles. The van der Waals surface area contributed by atoms with Crippen LogP contribution in [0.3, 0.4) is 0 Å². The first-order valence-electron chi connectivity index (χ1n) is 10.5. The third-order valence-electron chi connectivity index (χ3n) is 5.86. The largest absolute Gasteiger partial charge is 0.497 e. The molecule has 1 fully saturated rings. The van der Waals surface area contributed by atoms with Gasteiger partial charge < -0.3 is 29.5 Å². The molecule has 9 nitrogen and oxygen atoms in total. The normalized spacial score (nSPS) is 22.5. The first-order chi connectivity index (χ1) is 16.2. The number of esters is 1. The van der Waals surface area contributed by atoms with Crippen molar-refractivity contribution in [2.75, 3.05) is 13.7 Å². The standard InChI is InChI=1S/C24H24ClNO8/c1-12-16(10-20(28)34-24-22(30)21(29)19(27)11-33-24)17-9-15(32-2)7-8-18(17)26(12)23(31)13-3-5-14(25)6-4-13/h3-9,19,21-22,24,27,29-30H,10-11H2,1-2H3/t19-,21+,22-,24?/m1/s1. The van der Waals surface area contributed by atoms with Gasteiger partial charge in [-0.3, -0.25) is 14.2 Å². The van der Waals surface area contributed by atoms with Gasteiger partial charge in [0.1, 0.15) is 24.1 Å². The Kier molecular flexibility index (Phi) is 6.92. The van der Waals surface area contributed by atoms with Gasteiger partial charge >= 0.3 is 5.97 Å². The predicted molar refractivity (Wildman–Crippen MR) is 122 cm³/mol. The average molecular weight is 490 g/mol. The van der Waals surface area contributed by atoms with E-state index in [0.29, 0.717) is 38.5 Å². The molecule has 1 saturated heterocycles. The Hall–Kier alpha value is -2.95. The summed E-state index contributed by atoms with van der Waals surface area (Å²) in [5.74, 6) is -0.495. The molecule has 4 atom stereocenters. The number of hydrogen-bond acceptors (Lipinski definition) is 8. The van der Waals surface area contributed by atoms with Crippen molar-refractivity contribution in [1.82, 2.24) is 4.57 Å². The molecule has 1 unspecified atom stereocenters. The topological polar surface area (TPSA) is 127 Å². The van der Waals surface area contributed by atoms with Crippen LogP contribution >= 0.6 is 11.6 Å². The Morgan fingerprint density at radius 2 is 1.82 bits per heavy atom. The first kappa shape index (κ1) is 24.2.